The molecule has 10 heteroatoms. The summed E-state index contributed by atoms with van der Waals surface area (Å²) in [5.41, 5.74) is 3.79. The first-order valence-corrected chi connectivity index (χ1v) is 17.1. The standard InChI is InChI=1S/C39H42N2O7S/c1-8-14-29-19-27(20-32(45-9-2)36(29)47-23-26-15-12-11-13-16-26)21-33-37(42)41-35(28-17-18-30(48-24(4)5)31(22-28)44-7)34(38(43)46-10-3)25(6)40-39(41)49-33/h8,11-13,15-22,24,35H,1,9-10,14,23H2,2-7H3/b33-21-/t35-/m1/s1. The lowest BCUT2D eigenvalue weighted by Gasteiger charge is -2.25. The van der Waals surface area contributed by atoms with Gasteiger partial charge in [-0.15, -0.1) is 6.58 Å². The van der Waals surface area contributed by atoms with Gasteiger partial charge in [-0.3, -0.25) is 9.36 Å². The first-order chi connectivity index (χ1) is 23.7. The molecule has 0 radical (unpaired) electrons. The Morgan fingerprint density at radius 2 is 1.80 bits per heavy atom. The Morgan fingerprint density at radius 1 is 1.02 bits per heavy atom. The highest BCUT2D eigenvalue weighted by molar-refractivity contribution is 7.07. The number of esters is 1. The Balaban J connectivity index is 1.65. The maximum Gasteiger partial charge on any atom is 0.338 e. The summed E-state index contributed by atoms with van der Waals surface area (Å²) < 4.78 is 31.4. The van der Waals surface area contributed by atoms with Crippen molar-refractivity contribution in [1.29, 1.82) is 0 Å². The zero-order valence-electron chi connectivity index (χ0n) is 28.8. The number of allylic oxidation sites excluding steroid dienone is 2. The van der Waals surface area contributed by atoms with Crippen LogP contribution in [0.4, 0.5) is 0 Å². The third-order valence-electron chi connectivity index (χ3n) is 7.73. The van der Waals surface area contributed by atoms with E-state index >= 15 is 0 Å². The molecule has 5 rings (SSSR count). The molecule has 1 aliphatic heterocycles. The number of carbonyl (C=O) groups excluding carboxylic acids is 1. The Labute approximate surface area is 290 Å². The van der Waals surface area contributed by atoms with Gasteiger partial charge in [-0.25, -0.2) is 9.79 Å². The van der Waals surface area contributed by atoms with Gasteiger partial charge in [0.2, 0.25) is 0 Å². The van der Waals surface area contributed by atoms with Crippen LogP contribution < -0.4 is 33.8 Å². The number of hydrogen-bond donors (Lipinski definition) is 0. The van der Waals surface area contributed by atoms with Crippen LogP contribution in [0.1, 0.15) is 62.9 Å². The van der Waals surface area contributed by atoms with Crippen molar-refractivity contribution in [2.45, 2.75) is 59.8 Å². The van der Waals surface area contributed by atoms with Gasteiger partial charge in [-0.2, -0.15) is 0 Å². The first kappa shape index (κ1) is 35.2. The van der Waals surface area contributed by atoms with Gasteiger partial charge in [0.05, 0.1) is 48.3 Å². The number of nitrogens with zero attached hydrogens (tertiary/aromatic N) is 2. The molecular weight excluding hydrogens is 641 g/mol. The highest BCUT2D eigenvalue weighted by atomic mass is 32.1. The first-order valence-electron chi connectivity index (χ1n) is 16.3. The number of rotatable bonds is 14. The number of hydrogen-bond acceptors (Lipinski definition) is 9. The summed E-state index contributed by atoms with van der Waals surface area (Å²) in [6, 6.07) is 18.4. The summed E-state index contributed by atoms with van der Waals surface area (Å²) in [5, 5.41) is 0. The molecule has 256 valence electrons. The molecule has 49 heavy (non-hydrogen) atoms. The molecule has 0 aliphatic carbocycles. The van der Waals surface area contributed by atoms with Gasteiger partial charge in [0.15, 0.2) is 27.8 Å². The minimum Gasteiger partial charge on any atom is -0.493 e. The van der Waals surface area contributed by atoms with Crippen molar-refractivity contribution in [3.8, 4) is 23.0 Å². The summed E-state index contributed by atoms with van der Waals surface area (Å²) in [4.78, 5) is 32.9. The van der Waals surface area contributed by atoms with Crippen molar-refractivity contribution in [3.63, 3.8) is 0 Å². The normalized spacial score (nSPS) is 14.3. The van der Waals surface area contributed by atoms with Crippen molar-refractivity contribution in [3.05, 3.63) is 127 Å². The number of aromatic nitrogens is 1. The molecule has 2 heterocycles. The minimum atomic E-state index is -0.802. The van der Waals surface area contributed by atoms with Gasteiger partial charge < -0.3 is 23.7 Å². The predicted molar refractivity (Wildman–Crippen MR) is 191 cm³/mol. The van der Waals surface area contributed by atoms with Crippen LogP contribution in [0.2, 0.25) is 0 Å². The van der Waals surface area contributed by atoms with E-state index in [-0.39, 0.29) is 23.8 Å². The Hall–Kier alpha value is -5.09. The molecule has 1 aromatic heterocycles. The van der Waals surface area contributed by atoms with Crippen LogP contribution in [0.15, 0.2) is 94.4 Å². The maximum absolute atomic E-state index is 14.3. The second-order valence-electron chi connectivity index (χ2n) is 11.6. The van der Waals surface area contributed by atoms with Gasteiger partial charge >= 0.3 is 5.97 Å². The Kier molecular flexibility index (Phi) is 11.4. The Bertz CT molecular complexity index is 2040. The highest BCUT2D eigenvalue weighted by Crippen LogP contribution is 2.37. The summed E-state index contributed by atoms with van der Waals surface area (Å²) in [7, 11) is 1.56. The fraction of sp³-hybridized carbons (Fsp3) is 0.308. The lowest BCUT2D eigenvalue weighted by atomic mass is 9.95. The van der Waals surface area contributed by atoms with E-state index < -0.39 is 12.0 Å². The van der Waals surface area contributed by atoms with Crippen LogP contribution in [0.3, 0.4) is 0 Å². The van der Waals surface area contributed by atoms with E-state index in [9.17, 15) is 9.59 Å². The van der Waals surface area contributed by atoms with Crippen molar-refractivity contribution in [2.24, 2.45) is 4.99 Å². The average molecular weight is 683 g/mol. The quantitative estimate of drug-likeness (QED) is 0.114. The zero-order valence-corrected chi connectivity index (χ0v) is 29.6. The third-order valence-corrected chi connectivity index (χ3v) is 8.71. The monoisotopic (exact) mass is 682 g/mol. The third kappa shape index (κ3) is 7.81. The van der Waals surface area contributed by atoms with Gasteiger partial charge in [0.1, 0.15) is 6.61 Å². The number of benzene rings is 3. The maximum atomic E-state index is 14.3. The number of thiazole rings is 1. The van der Waals surface area contributed by atoms with E-state index in [0.717, 1.165) is 16.7 Å². The van der Waals surface area contributed by atoms with E-state index in [1.165, 1.54) is 11.3 Å². The highest BCUT2D eigenvalue weighted by Gasteiger charge is 2.34. The van der Waals surface area contributed by atoms with Gasteiger partial charge in [0, 0.05) is 5.56 Å². The smallest absolute Gasteiger partial charge is 0.338 e. The molecule has 9 nitrogen and oxygen atoms in total. The van der Waals surface area contributed by atoms with Crippen molar-refractivity contribution >= 4 is 23.4 Å². The number of carbonyl (C=O) groups is 1. The van der Waals surface area contributed by atoms with Gasteiger partial charge in [0.25, 0.3) is 5.56 Å². The lowest BCUT2D eigenvalue weighted by Crippen LogP contribution is -2.40. The lowest BCUT2D eigenvalue weighted by molar-refractivity contribution is -0.139. The molecule has 0 N–H and O–H groups in total. The van der Waals surface area contributed by atoms with E-state index in [0.29, 0.717) is 63.2 Å². The largest absolute Gasteiger partial charge is 0.493 e. The molecule has 0 saturated carbocycles. The topological polar surface area (TPSA) is 97.6 Å². The molecule has 3 aromatic carbocycles. The summed E-state index contributed by atoms with van der Waals surface area (Å²) >= 11 is 1.25. The minimum absolute atomic E-state index is 0.0746. The van der Waals surface area contributed by atoms with Crippen LogP contribution in [0, 0.1) is 0 Å². The molecular formula is C39H42N2O7S. The van der Waals surface area contributed by atoms with Crippen LogP contribution >= 0.6 is 11.3 Å². The molecule has 1 aliphatic rings. The van der Waals surface area contributed by atoms with Crippen LogP contribution in [-0.2, 0) is 22.6 Å². The average Bonchev–Trinajstić information content (AvgIpc) is 3.38. The number of ether oxygens (including phenoxy) is 5. The molecule has 1 atom stereocenters. The van der Waals surface area contributed by atoms with Crippen LogP contribution in [-0.4, -0.2) is 37.0 Å². The molecule has 0 bridgehead atoms. The Morgan fingerprint density at radius 3 is 2.47 bits per heavy atom. The molecule has 0 fully saturated rings. The second-order valence-corrected chi connectivity index (χ2v) is 12.6. The van der Waals surface area contributed by atoms with Crippen LogP contribution in [0.25, 0.3) is 6.08 Å². The van der Waals surface area contributed by atoms with Gasteiger partial charge in [-0.05, 0) is 88.1 Å². The van der Waals surface area contributed by atoms with E-state index in [4.69, 9.17) is 28.7 Å². The zero-order chi connectivity index (χ0) is 35.1. The van der Waals surface area contributed by atoms with E-state index in [1.807, 2.05) is 81.5 Å². The second kappa shape index (κ2) is 15.9. The van der Waals surface area contributed by atoms with E-state index in [1.54, 1.807) is 37.7 Å². The summed E-state index contributed by atoms with van der Waals surface area (Å²) in [6.07, 6.45) is 4.09. The van der Waals surface area contributed by atoms with Crippen molar-refractivity contribution < 1.29 is 28.5 Å². The summed E-state index contributed by atoms with van der Waals surface area (Å²) in [6.45, 7) is 14.2. The number of fused-ring (bicyclic) bond motifs is 1. The molecule has 4 aromatic rings. The molecule has 0 amide bonds. The van der Waals surface area contributed by atoms with Crippen molar-refractivity contribution in [1.82, 2.24) is 4.57 Å². The van der Waals surface area contributed by atoms with E-state index in [2.05, 4.69) is 6.58 Å². The molecule has 0 spiro atoms. The molecule has 0 saturated heterocycles. The fourth-order valence-electron chi connectivity index (χ4n) is 5.69. The van der Waals surface area contributed by atoms with Crippen molar-refractivity contribution in [2.75, 3.05) is 20.3 Å². The van der Waals surface area contributed by atoms with Gasteiger partial charge in [-0.1, -0.05) is 53.8 Å². The number of methoxy groups -OCH3 is 1. The molecule has 0 unspecified atom stereocenters. The SMILES string of the molecule is C=CCc1cc(/C=c2\sc3n(c2=O)[C@H](c2ccc(OC(C)C)c(OC)c2)C(C(=O)OCC)=C(C)N=3)cc(OCC)c1OCc1ccccc1. The van der Waals surface area contributed by atoms with Crippen LogP contribution in [0.5, 0.6) is 23.0 Å². The fourth-order valence-corrected chi connectivity index (χ4v) is 6.74. The summed E-state index contributed by atoms with van der Waals surface area (Å²) in [5.74, 6) is 1.72. The predicted octanol–water partition coefficient (Wildman–Crippen LogP) is 6.30.